The predicted octanol–water partition coefficient (Wildman–Crippen LogP) is 2.65. The average molecular weight is 322 g/mol. The number of piperidine rings is 2. The van der Waals surface area contributed by atoms with E-state index in [1.807, 2.05) is 4.90 Å². The van der Waals surface area contributed by atoms with Crippen LogP contribution in [0.2, 0.25) is 0 Å². The standard InChI is InChI=1S/C19H34N2O2/c1-16-8-12-20(13-9-16)15-19(23)10-5-11-21(18(19)22)14-17-6-3-2-4-7-17/h16-17,23H,2-15H2,1H3/t19-/m0/s1. The van der Waals surface area contributed by atoms with Gasteiger partial charge in [-0.2, -0.15) is 0 Å². The van der Waals surface area contributed by atoms with Crippen LogP contribution in [0.4, 0.5) is 0 Å². The van der Waals surface area contributed by atoms with Gasteiger partial charge >= 0.3 is 0 Å². The fourth-order valence-corrected chi connectivity index (χ4v) is 4.66. The second-order valence-corrected chi connectivity index (χ2v) is 8.35. The minimum atomic E-state index is -1.13. The summed E-state index contributed by atoms with van der Waals surface area (Å²) in [5.41, 5.74) is -1.13. The molecule has 2 heterocycles. The summed E-state index contributed by atoms with van der Waals surface area (Å²) in [6.07, 6.45) is 10.4. The molecule has 23 heavy (non-hydrogen) atoms. The molecular formula is C19H34N2O2. The Bertz CT molecular complexity index is 400. The van der Waals surface area contributed by atoms with E-state index < -0.39 is 5.60 Å². The minimum Gasteiger partial charge on any atom is -0.379 e. The van der Waals surface area contributed by atoms with Crippen LogP contribution in [-0.4, -0.2) is 59.1 Å². The van der Waals surface area contributed by atoms with Crippen molar-refractivity contribution in [1.82, 2.24) is 9.80 Å². The lowest BCUT2D eigenvalue weighted by Gasteiger charge is -2.43. The molecule has 0 aromatic carbocycles. The van der Waals surface area contributed by atoms with Gasteiger partial charge in [0.2, 0.25) is 0 Å². The van der Waals surface area contributed by atoms with Crippen LogP contribution in [0.5, 0.6) is 0 Å². The van der Waals surface area contributed by atoms with Crippen LogP contribution in [0.3, 0.4) is 0 Å². The van der Waals surface area contributed by atoms with Crippen LogP contribution in [0.15, 0.2) is 0 Å². The lowest BCUT2D eigenvalue weighted by atomic mass is 9.86. The van der Waals surface area contributed by atoms with E-state index >= 15 is 0 Å². The van der Waals surface area contributed by atoms with Crippen molar-refractivity contribution >= 4 is 5.91 Å². The third-order valence-electron chi connectivity index (χ3n) is 6.27. The molecule has 1 amide bonds. The Balaban J connectivity index is 1.56. The Kier molecular flexibility index (Phi) is 5.63. The Morgan fingerprint density at radius 1 is 1.04 bits per heavy atom. The highest BCUT2D eigenvalue weighted by Gasteiger charge is 2.44. The Labute approximate surface area is 141 Å². The summed E-state index contributed by atoms with van der Waals surface area (Å²) in [6.45, 7) is 6.61. The van der Waals surface area contributed by atoms with Gasteiger partial charge in [-0.25, -0.2) is 0 Å². The maximum atomic E-state index is 12.9. The zero-order valence-corrected chi connectivity index (χ0v) is 14.8. The van der Waals surface area contributed by atoms with Gasteiger partial charge in [-0.15, -0.1) is 0 Å². The molecule has 0 aromatic rings. The molecule has 2 aliphatic heterocycles. The third kappa shape index (κ3) is 4.27. The highest BCUT2D eigenvalue weighted by molar-refractivity contribution is 5.86. The largest absolute Gasteiger partial charge is 0.379 e. The fourth-order valence-electron chi connectivity index (χ4n) is 4.66. The summed E-state index contributed by atoms with van der Waals surface area (Å²) < 4.78 is 0. The quantitative estimate of drug-likeness (QED) is 0.865. The summed E-state index contributed by atoms with van der Waals surface area (Å²) in [7, 11) is 0. The first-order valence-corrected chi connectivity index (χ1v) is 9.81. The molecule has 4 heteroatoms. The monoisotopic (exact) mass is 322 g/mol. The molecule has 0 aromatic heterocycles. The minimum absolute atomic E-state index is 0.00736. The molecule has 0 bridgehead atoms. The van der Waals surface area contributed by atoms with Gasteiger partial charge in [0.05, 0.1) is 0 Å². The first-order chi connectivity index (χ1) is 11.1. The molecule has 1 atom stereocenters. The van der Waals surface area contributed by atoms with Gasteiger partial charge in [-0.3, -0.25) is 9.69 Å². The molecule has 2 saturated heterocycles. The van der Waals surface area contributed by atoms with E-state index in [1.165, 1.54) is 44.9 Å². The fraction of sp³-hybridized carbons (Fsp3) is 0.947. The maximum absolute atomic E-state index is 12.9. The number of rotatable bonds is 4. The van der Waals surface area contributed by atoms with Crippen molar-refractivity contribution in [3.8, 4) is 0 Å². The molecular weight excluding hydrogens is 288 g/mol. The molecule has 0 spiro atoms. The molecule has 3 aliphatic rings. The van der Waals surface area contributed by atoms with E-state index in [2.05, 4.69) is 11.8 Å². The van der Waals surface area contributed by atoms with Gasteiger partial charge in [-0.1, -0.05) is 26.2 Å². The van der Waals surface area contributed by atoms with E-state index in [-0.39, 0.29) is 5.91 Å². The molecule has 132 valence electrons. The SMILES string of the molecule is CC1CCN(C[C@@]2(O)CCCN(CC3CCCCC3)C2=O)CC1. The van der Waals surface area contributed by atoms with E-state index in [0.29, 0.717) is 18.9 Å². The summed E-state index contributed by atoms with van der Waals surface area (Å²) in [5.74, 6) is 1.45. The Hall–Kier alpha value is -0.610. The van der Waals surface area contributed by atoms with Gasteiger partial charge in [-0.05, 0) is 63.5 Å². The van der Waals surface area contributed by atoms with E-state index in [4.69, 9.17) is 0 Å². The second kappa shape index (κ2) is 7.52. The Morgan fingerprint density at radius 3 is 2.43 bits per heavy atom. The van der Waals surface area contributed by atoms with Crippen LogP contribution in [0.25, 0.3) is 0 Å². The van der Waals surface area contributed by atoms with Crippen LogP contribution >= 0.6 is 0 Å². The van der Waals surface area contributed by atoms with Crippen molar-refractivity contribution in [2.45, 2.75) is 70.3 Å². The third-order valence-corrected chi connectivity index (χ3v) is 6.27. The maximum Gasteiger partial charge on any atom is 0.255 e. The molecule has 0 unspecified atom stereocenters. The van der Waals surface area contributed by atoms with Crippen LogP contribution in [0, 0.1) is 11.8 Å². The first-order valence-electron chi connectivity index (χ1n) is 9.81. The Morgan fingerprint density at radius 2 is 1.74 bits per heavy atom. The second-order valence-electron chi connectivity index (χ2n) is 8.35. The first kappa shape index (κ1) is 17.2. The number of hydrogen-bond donors (Lipinski definition) is 1. The highest BCUT2D eigenvalue weighted by Crippen LogP contribution is 2.30. The van der Waals surface area contributed by atoms with Gasteiger partial charge < -0.3 is 10.0 Å². The van der Waals surface area contributed by atoms with Crippen molar-refractivity contribution in [3.05, 3.63) is 0 Å². The number of carbonyl (C=O) groups excluding carboxylic acids is 1. The molecule has 1 aliphatic carbocycles. The van der Waals surface area contributed by atoms with E-state index in [1.54, 1.807) is 0 Å². The molecule has 3 rings (SSSR count). The smallest absolute Gasteiger partial charge is 0.255 e. The number of nitrogens with zero attached hydrogens (tertiary/aromatic N) is 2. The number of aliphatic hydroxyl groups is 1. The average Bonchev–Trinajstić information content (AvgIpc) is 2.55. The molecule has 4 nitrogen and oxygen atoms in total. The molecule has 1 N–H and O–H groups in total. The molecule has 3 fully saturated rings. The van der Waals surface area contributed by atoms with Gasteiger partial charge in [0.15, 0.2) is 5.60 Å². The topological polar surface area (TPSA) is 43.8 Å². The van der Waals surface area contributed by atoms with Crippen molar-refractivity contribution in [2.75, 3.05) is 32.7 Å². The van der Waals surface area contributed by atoms with Gasteiger partial charge in [0.1, 0.15) is 0 Å². The zero-order chi connectivity index (χ0) is 16.3. The number of hydrogen-bond acceptors (Lipinski definition) is 3. The van der Waals surface area contributed by atoms with Crippen LogP contribution in [-0.2, 0) is 4.79 Å². The van der Waals surface area contributed by atoms with Crippen molar-refractivity contribution in [3.63, 3.8) is 0 Å². The highest BCUT2D eigenvalue weighted by atomic mass is 16.3. The number of carbonyl (C=O) groups is 1. The summed E-state index contributed by atoms with van der Waals surface area (Å²) in [4.78, 5) is 17.2. The molecule has 0 radical (unpaired) electrons. The summed E-state index contributed by atoms with van der Waals surface area (Å²) in [5, 5.41) is 11.0. The van der Waals surface area contributed by atoms with Crippen molar-refractivity contribution < 1.29 is 9.90 Å². The normalized spacial score (nSPS) is 32.4. The van der Waals surface area contributed by atoms with Crippen LogP contribution in [0.1, 0.15) is 64.7 Å². The lowest BCUT2D eigenvalue weighted by molar-refractivity contribution is -0.160. The number of β-amino-alcohol motifs (C(OH)–C–C–N with tert-alkyl or cyclic N) is 1. The molecule has 1 saturated carbocycles. The van der Waals surface area contributed by atoms with E-state index in [0.717, 1.165) is 38.5 Å². The zero-order valence-electron chi connectivity index (χ0n) is 14.8. The van der Waals surface area contributed by atoms with Crippen molar-refractivity contribution in [2.24, 2.45) is 11.8 Å². The predicted molar refractivity (Wildman–Crippen MR) is 92.2 cm³/mol. The summed E-state index contributed by atoms with van der Waals surface area (Å²) in [6, 6.07) is 0. The number of amides is 1. The van der Waals surface area contributed by atoms with Gasteiger partial charge in [0, 0.05) is 19.6 Å². The van der Waals surface area contributed by atoms with E-state index in [9.17, 15) is 9.90 Å². The van der Waals surface area contributed by atoms with Crippen molar-refractivity contribution in [1.29, 1.82) is 0 Å². The van der Waals surface area contributed by atoms with Crippen LogP contribution < -0.4 is 0 Å². The number of likely N-dealkylation sites (tertiary alicyclic amines) is 2. The summed E-state index contributed by atoms with van der Waals surface area (Å²) >= 11 is 0. The lowest BCUT2D eigenvalue weighted by Crippen LogP contribution is -2.59. The van der Waals surface area contributed by atoms with Gasteiger partial charge in [0.25, 0.3) is 5.91 Å².